The van der Waals surface area contributed by atoms with Crippen LogP contribution in [0, 0.1) is 6.92 Å². The number of hydrogen-bond donors (Lipinski definition) is 2. The minimum absolute atomic E-state index is 0.0452. The van der Waals surface area contributed by atoms with Gasteiger partial charge in [0.1, 0.15) is 0 Å². The fraction of sp³-hybridized carbons (Fsp3) is 0.111. The number of H-pyrrole nitrogens is 1. The van der Waals surface area contributed by atoms with E-state index in [4.69, 9.17) is 11.6 Å². The third-order valence-electron chi connectivity index (χ3n) is 3.72. The van der Waals surface area contributed by atoms with E-state index < -0.39 is 0 Å². The molecule has 0 radical (unpaired) electrons. The molecule has 0 saturated carbocycles. The largest absolute Gasteiger partial charge is 0.357 e. The van der Waals surface area contributed by atoms with Gasteiger partial charge in [-0.25, -0.2) is 0 Å². The molecule has 0 unspecified atom stereocenters. The van der Waals surface area contributed by atoms with Crippen molar-refractivity contribution < 1.29 is 9.59 Å². The Morgan fingerprint density at radius 1 is 1.13 bits per heavy atom. The summed E-state index contributed by atoms with van der Waals surface area (Å²) >= 11 is 6.16. The molecule has 1 amide bonds. The number of aryl methyl sites for hydroxylation is 1. The summed E-state index contributed by atoms with van der Waals surface area (Å²) in [5.74, 6) is -0.284. The summed E-state index contributed by atoms with van der Waals surface area (Å²) in [5, 5.41) is 4.18. The average molecular weight is 327 g/mol. The normalized spacial score (nSPS) is 10.7. The predicted octanol–water partition coefficient (Wildman–Crippen LogP) is 4.58. The minimum atomic E-state index is -0.239. The highest BCUT2D eigenvalue weighted by molar-refractivity contribution is 6.35. The molecule has 0 fully saturated rings. The van der Waals surface area contributed by atoms with Gasteiger partial charge in [0.15, 0.2) is 5.78 Å². The zero-order valence-corrected chi connectivity index (χ0v) is 13.5. The van der Waals surface area contributed by atoms with Gasteiger partial charge in [0.2, 0.25) is 0 Å². The lowest BCUT2D eigenvalue weighted by Crippen LogP contribution is -2.13. The summed E-state index contributed by atoms with van der Waals surface area (Å²) < 4.78 is 0. The highest BCUT2D eigenvalue weighted by Crippen LogP contribution is 2.28. The van der Waals surface area contributed by atoms with Crippen molar-refractivity contribution >= 4 is 39.9 Å². The number of amides is 1. The fourth-order valence-corrected chi connectivity index (χ4v) is 2.84. The van der Waals surface area contributed by atoms with Gasteiger partial charge < -0.3 is 10.3 Å². The van der Waals surface area contributed by atoms with Gasteiger partial charge in [-0.3, -0.25) is 9.59 Å². The van der Waals surface area contributed by atoms with Crippen molar-refractivity contribution in [2.45, 2.75) is 13.8 Å². The lowest BCUT2D eigenvalue weighted by Gasteiger charge is -2.07. The molecule has 1 heterocycles. The molecule has 0 aliphatic carbocycles. The molecule has 0 saturated heterocycles. The summed E-state index contributed by atoms with van der Waals surface area (Å²) in [6.45, 7) is 3.32. The van der Waals surface area contributed by atoms with Gasteiger partial charge in [0.25, 0.3) is 5.91 Å². The van der Waals surface area contributed by atoms with Crippen LogP contribution in [0.1, 0.15) is 33.3 Å². The Labute approximate surface area is 138 Å². The first-order chi connectivity index (χ1) is 11.0. The maximum atomic E-state index is 12.6. The number of aromatic amines is 1. The van der Waals surface area contributed by atoms with Crippen molar-refractivity contribution in [2.24, 2.45) is 0 Å². The Morgan fingerprint density at radius 3 is 2.61 bits per heavy atom. The van der Waals surface area contributed by atoms with Crippen LogP contribution in [-0.4, -0.2) is 16.7 Å². The molecular weight excluding hydrogens is 312 g/mol. The second-order valence-electron chi connectivity index (χ2n) is 5.38. The number of fused-ring (bicyclic) bond motifs is 1. The zero-order valence-electron chi connectivity index (χ0n) is 12.7. The van der Waals surface area contributed by atoms with Crippen molar-refractivity contribution in [1.82, 2.24) is 4.98 Å². The predicted molar refractivity (Wildman–Crippen MR) is 92.4 cm³/mol. The topological polar surface area (TPSA) is 62.0 Å². The van der Waals surface area contributed by atoms with Crippen molar-refractivity contribution in [3.05, 3.63) is 64.3 Å². The van der Waals surface area contributed by atoms with Gasteiger partial charge in [0.05, 0.1) is 16.1 Å². The van der Waals surface area contributed by atoms with Gasteiger partial charge in [-0.2, -0.15) is 0 Å². The van der Waals surface area contributed by atoms with E-state index in [0.29, 0.717) is 21.8 Å². The highest BCUT2D eigenvalue weighted by atomic mass is 35.5. The van der Waals surface area contributed by atoms with Crippen LogP contribution < -0.4 is 5.32 Å². The SMILES string of the molecule is CC(=O)c1cccc(NC(=O)c2c(C)[nH]c3c(Cl)cccc23)c1. The molecule has 0 aliphatic rings. The van der Waals surface area contributed by atoms with Gasteiger partial charge >= 0.3 is 0 Å². The summed E-state index contributed by atoms with van der Waals surface area (Å²) in [6.07, 6.45) is 0. The first-order valence-corrected chi connectivity index (χ1v) is 7.54. The van der Waals surface area contributed by atoms with Crippen molar-refractivity contribution in [3.8, 4) is 0 Å². The van der Waals surface area contributed by atoms with Crippen molar-refractivity contribution in [3.63, 3.8) is 0 Å². The van der Waals surface area contributed by atoms with Crippen LogP contribution in [0.25, 0.3) is 10.9 Å². The first kappa shape index (κ1) is 15.3. The van der Waals surface area contributed by atoms with Crippen molar-refractivity contribution in [2.75, 3.05) is 5.32 Å². The Bertz CT molecular complexity index is 928. The van der Waals surface area contributed by atoms with E-state index in [1.807, 2.05) is 19.1 Å². The lowest BCUT2D eigenvalue weighted by atomic mass is 10.1. The minimum Gasteiger partial charge on any atom is -0.357 e. The van der Waals surface area contributed by atoms with E-state index in [2.05, 4.69) is 10.3 Å². The number of hydrogen-bond acceptors (Lipinski definition) is 2. The molecule has 23 heavy (non-hydrogen) atoms. The average Bonchev–Trinajstić information content (AvgIpc) is 2.85. The Hall–Kier alpha value is -2.59. The molecule has 4 nitrogen and oxygen atoms in total. The van der Waals surface area contributed by atoms with Crippen molar-refractivity contribution in [1.29, 1.82) is 0 Å². The number of Topliss-reactive ketones (excluding diaryl/α,β-unsaturated/α-hetero) is 1. The van der Waals surface area contributed by atoms with Crippen LogP contribution in [0.5, 0.6) is 0 Å². The Balaban J connectivity index is 1.98. The van der Waals surface area contributed by atoms with Gasteiger partial charge in [-0.05, 0) is 32.0 Å². The first-order valence-electron chi connectivity index (χ1n) is 7.16. The van der Waals surface area contributed by atoms with Gasteiger partial charge in [-0.15, -0.1) is 0 Å². The number of ketones is 1. The molecule has 1 aromatic heterocycles. The fourth-order valence-electron chi connectivity index (χ4n) is 2.61. The van der Waals surface area contributed by atoms with Crippen LogP contribution >= 0.6 is 11.6 Å². The summed E-state index contributed by atoms with van der Waals surface area (Å²) in [6, 6.07) is 12.3. The lowest BCUT2D eigenvalue weighted by molar-refractivity contribution is 0.101. The van der Waals surface area contributed by atoms with Crippen LogP contribution in [0.4, 0.5) is 5.69 Å². The molecule has 0 bridgehead atoms. The standard InChI is InChI=1S/C18H15ClN2O2/c1-10-16(14-7-4-8-15(19)17(14)20-10)18(23)21-13-6-3-5-12(9-13)11(2)22/h3-9,20H,1-2H3,(H,21,23). The molecule has 2 aromatic carbocycles. The van der Waals surface area contributed by atoms with E-state index in [-0.39, 0.29) is 11.7 Å². The van der Waals surface area contributed by atoms with Gasteiger partial charge in [-0.1, -0.05) is 35.9 Å². The maximum Gasteiger partial charge on any atom is 0.258 e. The molecule has 2 N–H and O–H groups in total. The highest BCUT2D eigenvalue weighted by Gasteiger charge is 2.17. The number of nitrogens with one attached hydrogen (secondary N) is 2. The number of carbonyl (C=O) groups excluding carboxylic acids is 2. The van der Waals surface area contributed by atoms with E-state index in [9.17, 15) is 9.59 Å². The van der Waals surface area contributed by atoms with Crippen LogP contribution in [0.15, 0.2) is 42.5 Å². The Morgan fingerprint density at radius 2 is 1.87 bits per heavy atom. The molecule has 5 heteroatoms. The number of rotatable bonds is 3. The molecule has 116 valence electrons. The number of aromatic nitrogens is 1. The zero-order chi connectivity index (χ0) is 16.6. The number of halogens is 1. The molecule has 3 rings (SSSR count). The van der Waals surface area contributed by atoms with Crippen LogP contribution in [0.3, 0.4) is 0 Å². The number of para-hydroxylation sites is 1. The molecule has 0 atom stereocenters. The Kier molecular flexibility index (Phi) is 3.92. The van der Waals surface area contributed by atoms with E-state index in [1.54, 1.807) is 30.3 Å². The van der Waals surface area contributed by atoms with E-state index in [1.165, 1.54) is 6.92 Å². The third kappa shape index (κ3) is 2.85. The second kappa shape index (κ2) is 5.89. The van der Waals surface area contributed by atoms with E-state index in [0.717, 1.165) is 16.6 Å². The second-order valence-corrected chi connectivity index (χ2v) is 5.79. The quantitative estimate of drug-likeness (QED) is 0.692. The van der Waals surface area contributed by atoms with Crippen LogP contribution in [0.2, 0.25) is 5.02 Å². The maximum absolute atomic E-state index is 12.6. The number of benzene rings is 2. The summed E-state index contributed by atoms with van der Waals surface area (Å²) in [5.41, 5.74) is 3.18. The summed E-state index contributed by atoms with van der Waals surface area (Å²) in [4.78, 5) is 27.2. The molecule has 0 spiro atoms. The van der Waals surface area contributed by atoms with E-state index >= 15 is 0 Å². The number of anilines is 1. The van der Waals surface area contributed by atoms with Crippen LogP contribution in [-0.2, 0) is 0 Å². The third-order valence-corrected chi connectivity index (χ3v) is 4.04. The summed E-state index contributed by atoms with van der Waals surface area (Å²) in [7, 11) is 0. The molecular formula is C18H15ClN2O2. The molecule has 3 aromatic rings. The molecule has 0 aliphatic heterocycles. The monoisotopic (exact) mass is 326 g/mol. The van der Waals surface area contributed by atoms with Gasteiger partial charge in [0, 0.05) is 22.3 Å². The smallest absolute Gasteiger partial charge is 0.258 e. The number of carbonyl (C=O) groups is 2.